The van der Waals surface area contributed by atoms with Crippen LogP contribution in [-0.2, 0) is 0 Å². The van der Waals surface area contributed by atoms with Gasteiger partial charge in [-0.3, -0.25) is 0 Å². The summed E-state index contributed by atoms with van der Waals surface area (Å²) in [4.78, 5) is 4.42. The smallest absolute Gasteiger partial charge is 0.0781 e. The number of nitrogens with two attached hydrogens (primary N) is 1. The second kappa shape index (κ2) is 5.52. The second-order valence-electron chi connectivity index (χ2n) is 4.80. The van der Waals surface area contributed by atoms with Crippen molar-refractivity contribution in [3.8, 4) is 0 Å². The van der Waals surface area contributed by atoms with E-state index in [2.05, 4.69) is 23.2 Å². The molecule has 2 aromatic carbocycles. The molecule has 20 heavy (non-hydrogen) atoms. The van der Waals surface area contributed by atoms with Crippen LogP contribution in [-0.4, -0.2) is 4.98 Å². The lowest BCUT2D eigenvalue weighted by Gasteiger charge is -2.08. The van der Waals surface area contributed by atoms with Gasteiger partial charge in [0.1, 0.15) is 0 Å². The van der Waals surface area contributed by atoms with Crippen LogP contribution >= 0.6 is 23.4 Å². The van der Waals surface area contributed by atoms with Crippen LogP contribution in [0.15, 0.2) is 58.5 Å². The molecular formula is C16H15ClN2S. The van der Waals surface area contributed by atoms with Crippen LogP contribution in [0, 0.1) is 0 Å². The van der Waals surface area contributed by atoms with E-state index in [1.165, 1.54) is 5.39 Å². The minimum atomic E-state index is -0.000346. The summed E-state index contributed by atoms with van der Waals surface area (Å²) in [5.41, 5.74) is 8.05. The molecular weight excluding hydrogens is 288 g/mol. The number of halogens is 1. The maximum absolute atomic E-state index is 6.33. The van der Waals surface area contributed by atoms with E-state index in [4.69, 9.17) is 17.3 Å². The molecule has 0 radical (unpaired) electrons. The number of para-hydroxylation sites is 1. The van der Waals surface area contributed by atoms with Gasteiger partial charge in [-0.2, -0.15) is 0 Å². The zero-order valence-electron chi connectivity index (χ0n) is 11.1. The summed E-state index contributed by atoms with van der Waals surface area (Å²) in [5.74, 6) is 0. The molecule has 1 aromatic heterocycles. The molecule has 0 bridgehead atoms. The van der Waals surface area contributed by atoms with E-state index in [1.807, 2.05) is 37.3 Å². The van der Waals surface area contributed by atoms with Crippen molar-refractivity contribution in [1.82, 2.24) is 4.98 Å². The lowest BCUT2D eigenvalue weighted by molar-refractivity contribution is 0.817. The Kier molecular flexibility index (Phi) is 3.74. The standard InChI is InChI=1S/C16H15ClN2S/c1-10(18)11-6-7-15(13(17)8-11)20-16-9-12-4-2-3-5-14(12)19-16/h2-10,19H,18H2,1H3. The molecule has 4 heteroatoms. The van der Waals surface area contributed by atoms with Gasteiger partial charge in [0.25, 0.3) is 0 Å². The summed E-state index contributed by atoms with van der Waals surface area (Å²) in [7, 11) is 0. The largest absolute Gasteiger partial charge is 0.349 e. The quantitative estimate of drug-likeness (QED) is 0.715. The van der Waals surface area contributed by atoms with E-state index in [0.29, 0.717) is 0 Å². The first-order valence-electron chi connectivity index (χ1n) is 6.44. The number of hydrogen-bond acceptors (Lipinski definition) is 2. The van der Waals surface area contributed by atoms with Crippen molar-refractivity contribution >= 4 is 34.3 Å². The molecule has 0 aliphatic heterocycles. The SMILES string of the molecule is CC(N)c1ccc(Sc2cc3ccccc3[nH]2)c(Cl)c1. The fourth-order valence-electron chi connectivity index (χ4n) is 2.10. The van der Waals surface area contributed by atoms with Crippen LogP contribution in [0.3, 0.4) is 0 Å². The Balaban J connectivity index is 1.90. The summed E-state index contributed by atoms with van der Waals surface area (Å²) in [6.07, 6.45) is 0. The Labute approximate surface area is 127 Å². The molecule has 0 fully saturated rings. The molecule has 0 aliphatic rings. The van der Waals surface area contributed by atoms with Gasteiger partial charge in [0, 0.05) is 21.8 Å². The lowest BCUT2D eigenvalue weighted by Crippen LogP contribution is -2.04. The molecule has 0 aliphatic carbocycles. The van der Waals surface area contributed by atoms with Crippen molar-refractivity contribution in [2.75, 3.05) is 0 Å². The molecule has 0 amide bonds. The maximum Gasteiger partial charge on any atom is 0.0781 e. The minimum Gasteiger partial charge on any atom is -0.349 e. The summed E-state index contributed by atoms with van der Waals surface area (Å²) in [6, 6.07) is 16.4. The van der Waals surface area contributed by atoms with E-state index in [9.17, 15) is 0 Å². The summed E-state index contributed by atoms with van der Waals surface area (Å²) in [5, 5.41) is 3.03. The van der Waals surface area contributed by atoms with Crippen LogP contribution in [0.25, 0.3) is 10.9 Å². The topological polar surface area (TPSA) is 41.8 Å². The molecule has 1 atom stereocenters. The Hall–Kier alpha value is -1.42. The van der Waals surface area contributed by atoms with Crippen molar-refractivity contribution in [3.05, 3.63) is 59.1 Å². The van der Waals surface area contributed by atoms with Gasteiger partial charge < -0.3 is 10.7 Å². The third kappa shape index (κ3) is 2.70. The summed E-state index contributed by atoms with van der Waals surface area (Å²) < 4.78 is 0. The molecule has 3 rings (SSSR count). The maximum atomic E-state index is 6.33. The fourth-order valence-corrected chi connectivity index (χ4v) is 3.28. The predicted octanol–water partition coefficient (Wildman–Crippen LogP) is 4.99. The number of aromatic amines is 1. The Morgan fingerprint density at radius 1 is 1.15 bits per heavy atom. The van der Waals surface area contributed by atoms with Crippen LogP contribution in [0.1, 0.15) is 18.5 Å². The van der Waals surface area contributed by atoms with Gasteiger partial charge in [0.15, 0.2) is 0 Å². The first-order valence-corrected chi connectivity index (χ1v) is 7.63. The van der Waals surface area contributed by atoms with Gasteiger partial charge in [-0.1, -0.05) is 47.6 Å². The van der Waals surface area contributed by atoms with Gasteiger partial charge in [0.2, 0.25) is 0 Å². The molecule has 1 heterocycles. The Bertz CT molecular complexity index is 716. The molecule has 0 saturated heterocycles. The summed E-state index contributed by atoms with van der Waals surface area (Å²) >= 11 is 7.96. The van der Waals surface area contributed by atoms with Gasteiger partial charge in [-0.15, -0.1) is 0 Å². The average molecular weight is 303 g/mol. The highest BCUT2D eigenvalue weighted by molar-refractivity contribution is 7.99. The molecule has 3 N–H and O–H groups in total. The van der Waals surface area contributed by atoms with Crippen molar-refractivity contribution in [2.24, 2.45) is 5.73 Å². The highest BCUT2D eigenvalue weighted by atomic mass is 35.5. The Morgan fingerprint density at radius 2 is 1.95 bits per heavy atom. The first kappa shape index (κ1) is 13.6. The molecule has 2 nitrogen and oxygen atoms in total. The van der Waals surface area contributed by atoms with E-state index in [1.54, 1.807) is 11.8 Å². The summed E-state index contributed by atoms with van der Waals surface area (Å²) in [6.45, 7) is 1.95. The molecule has 102 valence electrons. The number of H-pyrrole nitrogens is 1. The number of rotatable bonds is 3. The number of fused-ring (bicyclic) bond motifs is 1. The van der Waals surface area contributed by atoms with Crippen LogP contribution in [0.4, 0.5) is 0 Å². The third-order valence-electron chi connectivity index (χ3n) is 3.21. The first-order chi connectivity index (χ1) is 9.63. The van der Waals surface area contributed by atoms with Gasteiger partial charge in [0.05, 0.1) is 10.0 Å². The van der Waals surface area contributed by atoms with E-state index >= 15 is 0 Å². The van der Waals surface area contributed by atoms with Crippen LogP contribution < -0.4 is 5.73 Å². The highest BCUT2D eigenvalue weighted by Gasteiger charge is 2.08. The van der Waals surface area contributed by atoms with Gasteiger partial charge in [-0.05, 0) is 36.8 Å². The monoisotopic (exact) mass is 302 g/mol. The number of aromatic nitrogens is 1. The molecule has 3 aromatic rings. The normalized spacial score (nSPS) is 12.8. The van der Waals surface area contributed by atoms with Gasteiger partial charge >= 0.3 is 0 Å². The highest BCUT2D eigenvalue weighted by Crippen LogP contribution is 2.35. The van der Waals surface area contributed by atoms with Crippen LogP contribution in [0.5, 0.6) is 0 Å². The van der Waals surface area contributed by atoms with E-state index in [-0.39, 0.29) is 6.04 Å². The molecule has 0 spiro atoms. The third-order valence-corrected chi connectivity index (χ3v) is 4.65. The van der Waals surface area contributed by atoms with Crippen molar-refractivity contribution in [2.45, 2.75) is 22.9 Å². The zero-order valence-corrected chi connectivity index (χ0v) is 12.6. The van der Waals surface area contributed by atoms with E-state index < -0.39 is 0 Å². The second-order valence-corrected chi connectivity index (χ2v) is 6.29. The van der Waals surface area contributed by atoms with E-state index in [0.717, 1.165) is 26.0 Å². The Morgan fingerprint density at radius 3 is 2.65 bits per heavy atom. The predicted molar refractivity (Wildman–Crippen MR) is 86.5 cm³/mol. The number of benzene rings is 2. The lowest BCUT2D eigenvalue weighted by atomic mass is 10.1. The van der Waals surface area contributed by atoms with Crippen molar-refractivity contribution in [1.29, 1.82) is 0 Å². The number of hydrogen-bond donors (Lipinski definition) is 2. The zero-order chi connectivity index (χ0) is 14.1. The van der Waals surface area contributed by atoms with Crippen molar-refractivity contribution < 1.29 is 0 Å². The van der Waals surface area contributed by atoms with Crippen molar-refractivity contribution in [3.63, 3.8) is 0 Å². The number of nitrogens with one attached hydrogen (secondary N) is 1. The van der Waals surface area contributed by atoms with Gasteiger partial charge in [-0.25, -0.2) is 0 Å². The average Bonchev–Trinajstić information content (AvgIpc) is 2.83. The fraction of sp³-hybridized carbons (Fsp3) is 0.125. The minimum absolute atomic E-state index is 0.000346. The molecule has 1 unspecified atom stereocenters. The van der Waals surface area contributed by atoms with Crippen LogP contribution in [0.2, 0.25) is 5.02 Å². The molecule has 0 saturated carbocycles.